The van der Waals surface area contributed by atoms with Crippen LogP contribution < -0.4 is 9.47 Å². The molecule has 1 aromatic carbocycles. The summed E-state index contributed by atoms with van der Waals surface area (Å²) >= 11 is 1.48. The molecular formula is C12H13NO3S. The molecule has 1 heterocycles. The number of aromatic nitrogens is 1. The van der Waals surface area contributed by atoms with E-state index in [1.807, 2.05) is 23.6 Å². The average molecular weight is 251 g/mol. The second-order valence-corrected chi connectivity index (χ2v) is 4.26. The third kappa shape index (κ3) is 2.57. The third-order valence-electron chi connectivity index (χ3n) is 2.31. The number of methoxy groups -OCH3 is 2. The molecule has 0 fully saturated rings. The summed E-state index contributed by atoms with van der Waals surface area (Å²) < 4.78 is 10.4. The van der Waals surface area contributed by atoms with E-state index < -0.39 is 0 Å². The zero-order valence-electron chi connectivity index (χ0n) is 9.64. The molecule has 1 N–H and O–H groups in total. The van der Waals surface area contributed by atoms with Gasteiger partial charge in [0, 0.05) is 17.0 Å². The number of hydrogen-bond donors (Lipinski definition) is 1. The Hall–Kier alpha value is -1.59. The summed E-state index contributed by atoms with van der Waals surface area (Å²) in [6, 6.07) is 5.59. The van der Waals surface area contributed by atoms with Crippen LogP contribution in [0.4, 0.5) is 0 Å². The fraction of sp³-hybridized carbons (Fsp3) is 0.250. The van der Waals surface area contributed by atoms with Crippen LogP contribution >= 0.6 is 11.3 Å². The molecule has 0 saturated carbocycles. The first-order valence-electron chi connectivity index (χ1n) is 5.05. The van der Waals surface area contributed by atoms with Crippen molar-refractivity contribution in [3.63, 3.8) is 0 Å². The molecule has 0 unspecified atom stereocenters. The molecule has 1 aromatic heterocycles. The van der Waals surface area contributed by atoms with Gasteiger partial charge in [-0.25, -0.2) is 4.98 Å². The molecule has 5 heteroatoms. The topological polar surface area (TPSA) is 51.6 Å². The van der Waals surface area contributed by atoms with Crippen molar-refractivity contribution < 1.29 is 14.6 Å². The van der Waals surface area contributed by atoms with Crippen LogP contribution in [0.3, 0.4) is 0 Å². The number of thiazole rings is 1. The van der Waals surface area contributed by atoms with Gasteiger partial charge in [0.15, 0.2) is 0 Å². The fourth-order valence-corrected chi connectivity index (χ4v) is 2.24. The van der Waals surface area contributed by atoms with Crippen LogP contribution in [0.5, 0.6) is 11.5 Å². The molecule has 0 amide bonds. The Labute approximate surface area is 103 Å². The molecule has 0 aliphatic rings. The lowest BCUT2D eigenvalue weighted by Crippen LogP contribution is -1.89. The molecule has 0 radical (unpaired) electrons. The second kappa shape index (κ2) is 5.16. The molecule has 2 rings (SSSR count). The number of rotatable bonds is 4. The van der Waals surface area contributed by atoms with Crippen molar-refractivity contribution >= 4 is 11.3 Å². The number of nitrogens with zero attached hydrogens (tertiary/aromatic N) is 1. The van der Waals surface area contributed by atoms with Gasteiger partial charge in [-0.05, 0) is 12.1 Å². The van der Waals surface area contributed by atoms with E-state index in [-0.39, 0.29) is 6.61 Å². The van der Waals surface area contributed by atoms with Crippen molar-refractivity contribution in [1.29, 1.82) is 0 Å². The Kier molecular flexibility index (Phi) is 3.61. The van der Waals surface area contributed by atoms with Crippen LogP contribution in [0, 0.1) is 0 Å². The molecule has 0 spiro atoms. The number of aliphatic hydroxyl groups excluding tert-OH is 1. The van der Waals surface area contributed by atoms with Gasteiger partial charge < -0.3 is 14.6 Å². The van der Waals surface area contributed by atoms with Crippen molar-refractivity contribution in [2.45, 2.75) is 6.61 Å². The van der Waals surface area contributed by atoms with Crippen molar-refractivity contribution in [3.05, 3.63) is 29.3 Å². The predicted molar refractivity (Wildman–Crippen MR) is 66.6 cm³/mol. The molecule has 0 saturated heterocycles. The van der Waals surface area contributed by atoms with Gasteiger partial charge >= 0.3 is 0 Å². The Morgan fingerprint density at radius 3 is 2.29 bits per heavy atom. The van der Waals surface area contributed by atoms with E-state index in [0.717, 1.165) is 22.1 Å². The Balaban J connectivity index is 2.43. The van der Waals surface area contributed by atoms with E-state index in [1.165, 1.54) is 11.3 Å². The van der Waals surface area contributed by atoms with E-state index >= 15 is 0 Å². The van der Waals surface area contributed by atoms with Crippen LogP contribution in [-0.2, 0) is 6.61 Å². The van der Waals surface area contributed by atoms with Gasteiger partial charge in [0.1, 0.15) is 16.5 Å². The summed E-state index contributed by atoms with van der Waals surface area (Å²) in [5, 5.41) is 11.7. The standard InChI is InChI=1S/C12H13NO3S/c1-15-10-3-8(4-11(5-10)16-2)12-13-9(6-14)7-17-12/h3-5,7,14H,6H2,1-2H3. The minimum Gasteiger partial charge on any atom is -0.497 e. The van der Waals surface area contributed by atoms with E-state index in [4.69, 9.17) is 14.6 Å². The highest BCUT2D eigenvalue weighted by atomic mass is 32.1. The highest BCUT2D eigenvalue weighted by Gasteiger charge is 2.08. The molecule has 0 aliphatic carbocycles. The summed E-state index contributed by atoms with van der Waals surface area (Å²) in [7, 11) is 3.22. The van der Waals surface area contributed by atoms with Gasteiger partial charge in [0.05, 0.1) is 26.5 Å². The van der Waals surface area contributed by atoms with Crippen LogP contribution in [0.15, 0.2) is 23.6 Å². The van der Waals surface area contributed by atoms with Crippen molar-refractivity contribution in [1.82, 2.24) is 4.98 Å². The molecule has 2 aromatic rings. The Bertz CT molecular complexity index is 488. The van der Waals surface area contributed by atoms with Crippen LogP contribution in [0.2, 0.25) is 0 Å². The first-order chi connectivity index (χ1) is 8.26. The van der Waals surface area contributed by atoms with E-state index in [1.54, 1.807) is 14.2 Å². The average Bonchev–Trinajstić information content (AvgIpc) is 2.86. The van der Waals surface area contributed by atoms with Gasteiger partial charge in [0.2, 0.25) is 0 Å². The highest BCUT2D eigenvalue weighted by Crippen LogP contribution is 2.31. The lowest BCUT2D eigenvalue weighted by atomic mass is 10.2. The van der Waals surface area contributed by atoms with Gasteiger partial charge in [0.25, 0.3) is 0 Å². The molecule has 0 atom stereocenters. The minimum atomic E-state index is -0.0440. The zero-order valence-corrected chi connectivity index (χ0v) is 10.5. The monoisotopic (exact) mass is 251 g/mol. The van der Waals surface area contributed by atoms with E-state index in [0.29, 0.717) is 5.69 Å². The number of aliphatic hydroxyl groups is 1. The highest BCUT2D eigenvalue weighted by molar-refractivity contribution is 7.13. The fourth-order valence-electron chi connectivity index (χ4n) is 1.44. The number of benzene rings is 1. The molecular weight excluding hydrogens is 238 g/mol. The first-order valence-corrected chi connectivity index (χ1v) is 5.93. The molecule has 17 heavy (non-hydrogen) atoms. The number of ether oxygens (including phenoxy) is 2. The van der Waals surface area contributed by atoms with Crippen molar-refractivity contribution in [2.75, 3.05) is 14.2 Å². The predicted octanol–water partition coefficient (Wildman–Crippen LogP) is 2.32. The summed E-state index contributed by atoms with van der Waals surface area (Å²) in [4.78, 5) is 4.31. The first kappa shape index (κ1) is 11.9. The Morgan fingerprint density at radius 1 is 1.18 bits per heavy atom. The normalized spacial score (nSPS) is 10.3. The summed E-state index contributed by atoms with van der Waals surface area (Å²) in [5.41, 5.74) is 1.60. The SMILES string of the molecule is COc1cc(OC)cc(-c2nc(CO)cs2)c1. The maximum atomic E-state index is 8.99. The summed E-state index contributed by atoms with van der Waals surface area (Å²) in [6.07, 6.45) is 0. The molecule has 90 valence electrons. The molecule has 4 nitrogen and oxygen atoms in total. The molecule has 0 aliphatic heterocycles. The second-order valence-electron chi connectivity index (χ2n) is 3.40. The van der Waals surface area contributed by atoms with Crippen molar-refractivity contribution in [3.8, 4) is 22.1 Å². The van der Waals surface area contributed by atoms with Gasteiger partial charge in [-0.2, -0.15) is 0 Å². The Morgan fingerprint density at radius 2 is 1.82 bits per heavy atom. The summed E-state index contributed by atoms with van der Waals surface area (Å²) in [5.74, 6) is 1.44. The van der Waals surface area contributed by atoms with Crippen molar-refractivity contribution in [2.24, 2.45) is 0 Å². The zero-order chi connectivity index (χ0) is 12.3. The van der Waals surface area contributed by atoms with Gasteiger partial charge in [-0.1, -0.05) is 0 Å². The smallest absolute Gasteiger partial charge is 0.123 e. The van der Waals surface area contributed by atoms with Gasteiger partial charge in [-0.15, -0.1) is 11.3 Å². The lowest BCUT2D eigenvalue weighted by molar-refractivity contribution is 0.278. The quantitative estimate of drug-likeness (QED) is 0.906. The van der Waals surface area contributed by atoms with Crippen LogP contribution in [0.25, 0.3) is 10.6 Å². The van der Waals surface area contributed by atoms with E-state index in [2.05, 4.69) is 4.98 Å². The summed E-state index contributed by atoms with van der Waals surface area (Å²) in [6.45, 7) is -0.0440. The van der Waals surface area contributed by atoms with Gasteiger partial charge in [-0.3, -0.25) is 0 Å². The minimum absolute atomic E-state index is 0.0440. The third-order valence-corrected chi connectivity index (χ3v) is 3.25. The van der Waals surface area contributed by atoms with E-state index in [9.17, 15) is 0 Å². The maximum Gasteiger partial charge on any atom is 0.123 e. The van der Waals surface area contributed by atoms with Crippen LogP contribution in [-0.4, -0.2) is 24.3 Å². The maximum absolute atomic E-state index is 8.99. The number of hydrogen-bond acceptors (Lipinski definition) is 5. The van der Waals surface area contributed by atoms with Crippen LogP contribution in [0.1, 0.15) is 5.69 Å². The molecule has 0 bridgehead atoms. The largest absolute Gasteiger partial charge is 0.497 e. The lowest BCUT2D eigenvalue weighted by Gasteiger charge is -2.06.